The number of hydrogen-bond donors (Lipinski definition) is 2. The number of amides is 2. The van der Waals surface area contributed by atoms with Gasteiger partial charge in [0.2, 0.25) is 5.91 Å². The second kappa shape index (κ2) is 8.31. The number of carbonyl (C=O) groups excluding carboxylic acids is 2. The van der Waals surface area contributed by atoms with Crippen LogP contribution in [0.25, 0.3) is 0 Å². The van der Waals surface area contributed by atoms with Crippen molar-refractivity contribution in [1.29, 1.82) is 0 Å². The Balaban J connectivity index is 1.48. The minimum absolute atomic E-state index is 0.0712. The molecule has 2 fully saturated rings. The molecule has 1 aromatic carbocycles. The van der Waals surface area contributed by atoms with Crippen molar-refractivity contribution in [3.05, 3.63) is 35.4 Å². The molecule has 4 rings (SSSR count). The number of benzene rings is 1. The van der Waals surface area contributed by atoms with Crippen LogP contribution < -0.4 is 10.6 Å². The first-order valence-corrected chi connectivity index (χ1v) is 10.4. The second-order valence-corrected chi connectivity index (χ2v) is 7.89. The Labute approximate surface area is 166 Å². The molecule has 1 aromatic rings. The predicted molar refractivity (Wildman–Crippen MR) is 109 cm³/mol. The lowest BCUT2D eigenvalue weighted by atomic mass is 10.1. The molecule has 2 saturated heterocycles. The zero-order chi connectivity index (χ0) is 19.5. The standard InChI is InChI=1S/C21H29N5O2/c1-15-13-23-19(24-15)16-5-7-17(8-6-16)20(27)26-12-9-22-14-18(26)21(28)25-10-3-2-4-11-25/h5-8,15,18,22H,2-4,9-14H2,1H3,(H,23,24). The fourth-order valence-electron chi connectivity index (χ4n) is 4.16. The molecular weight excluding hydrogens is 354 g/mol. The summed E-state index contributed by atoms with van der Waals surface area (Å²) in [4.78, 5) is 34.4. The van der Waals surface area contributed by atoms with E-state index in [2.05, 4.69) is 22.5 Å². The quantitative estimate of drug-likeness (QED) is 0.811. The first kappa shape index (κ1) is 18.9. The number of carbonyl (C=O) groups is 2. The normalized spacial score (nSPS) is 25.2. The van der Waals surface area contributed by atoms with Gasteiger partial charge in [0.15, 0.2) is 0 Å². The minimum Gasteiger partial charge on any atom is -0.368 e. The van der Waals surface area contributed by atoms with E-state index in [1.165, 1.54) is 6.42 Å². The molecule has 0 spiro atoms. The molecule has 2 atom stereocenters. The van der Waals surface area contributed by atoms with Crippen LogP contribution in [0.3, 0.4) is 0 Å². The Morgan fingerprint density at radius 2 is 1.79 bits per heavy atom. The van der Waals surface area contributed by atoms with Crippen LogP contribution in [0.5, 0.6) is 0 Å². The smallest absolute Gasteiger partial charge is 0.254 e. The van der Waals surface area contributed by atoms with E-state index in [-0.39, 0.29) is 17.9 Å². The first-order valence-electron chi connectivity index (χ1n) is 10.4. The summed E-state index contributed by atoms with van der Waals surface area (Å²) in [5.74, 6) is 0.889. The molecule has 0 saturated carbocycles. The molecule has 0 aliphatic carbocycles. The Kier molecular flexibility index (Phi) is 5.62. The van der Waals surface area contributed by atoms with Gasteiger partial charge in [0.05, 0.1) is 6.04 Å². The van der Waals surface area contributed by atoms with Crippen molar-refractivity contribution < 1.29 is 9.59 Å². The SMILES string of the molecule is CC1CNC(c2ccc(C(=O)N3CCNCC3C(=O)N3CCCCC3)cc2)=N1. The van der Waals surface area contributed by atoms with Crippen molar-refractivity contribution in [2.75, 3.05) is 39.3 Å². The molecular formula is C21H29N5O2. The highest BCUT2D eigenvalue weighted by Gasteiger charge is 2.35. The summed E-state index contributed by atoms with van der Waals surface area (Å²) < 4.78 is 0. The maximum Gasteiger partial charge on any atom is 0.254 e. The molecule has 3 aliphatic rings. The number of rotatable bonds is 3. The van der Waals surface area contributed by atoms with Crippen LogP contribution in [0, 0.1) is 0 Å². The van der Waals surface area contributed by atoms with Gasteiger partial charge in [0.1, 0.15) is 11.9 Å². The molecule has 3 aliphatic heterocycles. The van der Waals surface area contributed by atoms with Crippen LogP contribution in [0.1, 0.15) is 42.1 Å². The largest absolute Gasteiger partial charge is 0.368 e. The van der Waals surface area contributed by atoms with Crippen LogP contribution in [0.15, 0.2) is 29.3 Å². The van der Waals surface area contributed by atoms with Gasteiger partial charge in [-0.3, -0.25) is 14.6 Å². The van der Waals surface area contributed by atoms with Crippen LogP contribution in [0.2, 0.25) is 0 Å². The number of likely N-dealkylation sites (tertiary alicyclic amines) is 1. The van der Waals surface area contributed by atoms with Crippen LogP contribution in [0.4, 0.5) is 0 Å². The van der Waals surface area contributed by atoms with E-state index in [9.17, 15) is 9.59 Å². The van der Waals surface area contributed by atoms with E-state index in [4.69, 9.17) is 0 Å². The molecule has 7 heteroatoms. The summed E-state index contributed by atoms with van der Waals surface area (Å²) in [5.41, 5.74) is 1.61. The number of amidine groups is 1. The summed E-state index contributed by atoms with van der Waals surface area (Å²) in [6.07, 6.45) is 3.29. The Bertz CT molecular complexity index is 755. The number of aliphatic imine (C=N–C) groups is 1. The number of hydrogen-bond acceptors (Lipinski definition) is 5. The monoisotopic (exact) mass is 383 g/mol. The van der Waals surface area contributed by atoms with E-state index in [1.807, 2.05) is 29.2 Å². The van der Waals surface area contributed by atoms with Gasteiger partial charge in [-0.1, -0.05) is 12.1 Å². The number of nitrogens with one attached hydrogen (secondary N) is 2. The summed E-state index contributed by atoms with van der Waals surface area (Å²) in [5, 5.41) is 6.57. The summed E-state index contributed by atoms with van der Waals surface area (Å²) >= 11 is 0. The molecule has 0 bridgehead atoms. The molecule has 28 heavy (non-hydrogen) atoms. The highest BCUT2D eigenvalue weighted by molar-refractivity contribution is 6.02. The van der Waals surface area contributed by atoms with E-state index in [1.54, 1.807) is 4.90 Å². The average molecular weight is 383 g/mol. The van der Waals surface area contributed by atoms with E-state index in [0.717, 1.165) is 43.9 Å². The van der Waals surface area contributed by atoms with Crippen molar-refractivity contribution in [2.24, 2.45) is 4.99 Å². The second-order valence-electron chi connectivity index (χ2n) is 7.89. The number of piperidine rings is 1. The van der Waals surface area contributed by atoms with Crippen molar-refractivity contribution in [1.82, 2.24) is 20.4 Å². The minimum atomic E-state index is -0.416. The molecule has 0 radical (unpaired) electrons. The topological polar surface area (TPSA) is 77.0 Å². The number of nitrogens with zero attached hydrogens (tertiary/aromatic N) is 3. The Morgan fingerprint density at radius 3 is 2.46 bits per heavy atom. The van der Waals surface area contributed by atoms with Crippen molar-refractivity contribution in [3.63, 3.8) is 0 Å². The maximum atomic E-state index is 13.2. The van der Waals surface area contributed by atoms with Crippen molar-refractivity contribution >= 4 is 17.6 Å². The third-order valence-electron chi connectivity index (χ3n) is 5.78. The van der Waals surface area contributed by atoms with Gasteiger partial charge in [-0.05, 0) is 38.3 Å². The third-order valence-corrected chi connectivity index (χ3v) is 5.78. The highest BCUT2D eigenvalue weighted by atomic mass is 16.2. The lowest BCUT2D eigenvalue weighted by Crippen LogP contribution is -2.60. The zero-order valence-electron chi connectivity index (χ0n) is 16.5. The lowest BCUT2D eigenvalue weighted by molar-refractivity contribution is -0.137. The van der Waals surface area contributed by atoms with E-state index < -0.39 is 6.04 Å². The molecule has 150 valence electrons. The number of piperazine rings is 1. The maximum absolute atomic E-state index is 13.2. The van der Waals surface area contributed by atoms with Crippen molar-refractivity contribution in [3.8, 4) is 0 Å². The van der Waals surface area contributed by atoms with Gasteiger partial charge in [-0.25, -0.2) is 0 Å². The van der Waals surface area contributed by atoms with E-state index in [0.29, 0.717) is 25.2 Å². The van der Waals surface area contributed by atoms with Crippen LogP contribution in [-0.2, 0) is 4.79 Å². The molecule has 7 nitrogen and oxygen atoms in total. The molecule has 2 N–H and O–H groups in total. The van der Waals surface area contributed by atoms with Gasteiger partial charge in [0.25, 0.3) is 5.91 Å². The highest BCUT2D eigenvalue weighted by Crippen LogP contribution is 2.17. The van der Waals surface area contributed by atoms with Crippen LogP contribution >= 0.6 is 0 Å². The molecule has 3 heterocycles. The molecule has 0 aromatic heterocycles. The fourth-order valence-corrected chi connectivity index (χ4v) is 4.16. The summed E-state index contributed by atoms with van der Waals surface area (Å²) in [6, 6.07) is 7.41. The lowest BCUT2D eigenvalue weighted by Gasteiger charge is -2.39. The van der Waals surface area contributed by atoms with Gasteiger partial charge >= 0.3 is 0 Å². The Morgan fingerprint density at radius 1 is 1.04 bits per heavy atom. The van der Waals surface area contributed by atoms with Gasteiger partial charge in [-0.15, -0.1) is 0 Å². The van der Waals surface area contributed by atoms with Gasteiger partial charge in [-0.2, -0.15) is 0 Å². The zero-order valence-corrected chi connectivity index (χ0v) is 16.5. The van der Waals surface area contributed by atoms with Crippen LogP contribution in [-0.4, -0.2) is 78.8 Å². The summed E-state index contributed by atoms with van der Waals surface area (Å²) in [7, 11) is 0. The fraction of sp³-hybridized carbons (Fsp3) is 0.571. The van der Waals surface area contributed by atoms with Gasteiger partial charge < -0.3 is 20.4 Å². The molecule has 2 unspecified atom stereocenters. The van der Waals surface area contributed by atoms with Gasteiger partial charge in [0, 0.05) is 50.4 Å². The van der Waals surface area contributed by atoms with Crippen molar-refractivity contribution in [2.45, 2.75) is 38.3 Å². The average Bonchev–Trinajstić information content (AvgIpc) is 3.20. The first-order chi connectivity index (χ1) is 13.6. The third kappa shape index (κ3) is 3.90. The molecule has 2 amide bonds. The predicted octanol–water partition coefficient (Wildman–Crippen LogP) is 0.851. The summed E-state index contributed by atoms with van der Waals surface area (Å²) in [6.45, 7) is 6.32. The Hall–Kier alpha value is -2.41. The van der Waals surface area contributed by atoms with E-state index >= 15 is 0 Å².